The number of ether oxygens (including phenoxy) is 4. The maximum atomic E-state index is 13.3. The van der Waals surface area contributed by atoms with Gasteiger partial charge in [0, 0.05) is 31.3 Å². The van der Waals surface area contributed by atoms with Crippen LogP contribution in [0.15, 0.2) is 94.6 Å². The number of benzene rings is 3. The van der Waals surface area contributed by atoms with Crippen molar-refractivity contribution in [2.45, 2.75) is 61.8 Å². The van der Waals surface area contributed by atoms with Crippen LogP contribution in [0.2, 0.25) is 0 Å². The molecular formula is C38H42F3N3O9. The van der Waals surface area contributed by atoms with Gasteiger partial charge in [-0.2, -0.15) is 13.2 Å². The van der Waals surface area contributed by atoms with Gasteiger partial charge >= 0.3 is 17.8 Å². The lowest BCUT2D eigenvalue weighted by atomic mass is 9.64. The van der Waals surface area contributed by atoms with Gasteiger partial charge in [-0.3, -0.25) is 19.1 Å². The molecule has 5 rings (SSSR count). The van der Waals surface area contributed by atoms with E-state index in [4.69, 9.17) is 18.9 Å². The number of aliphatic hydroxyl groups is 2. The third-order valence-electron chi connectivity index (χ3n) is 9.48. The minimum Gasteiger partial charge on any atom is -0.497 e. The van der Waals surface area contributed by atoms with Gasteiger partial charge in [0.05, 0.1) is 32.3 Å². The molecule has 1 unspecified atom stereocenters. The lowest BCUT2D eigenvalue weighted by molar-refractivity contribution is -0.176. The first-order valence-corrected chi connectivity index (χ1v) is 16.9. The van der Waals surface area contributed by atoms with Gasteiger partial charge in [0.25, 0.3) is 5.56 Å². The topological polar surface area (TPSA) is 161 Å². The Balaban J connectivity index is 1.54. The first kappa shape index (κ1) is 39.3. The van der Waals surface area contributed by atoms with Crippen LogP contribution in [0.25, 0.3) is 0 Å². The van der Waals surface area contributed by atoms with E-state index in [-0.39, 0.29) is 44.6 Å². The molecule has 3 aromatic carbocycles. The SMILES string of the molecule is COc1ccc(C(c2ccccc2)(c2ccc(OC)cc2)C(O)[C@H]2O[C@@](COCCCCNC(=O)C(F)(F)F)(n3cc(C)c(=O)[nH]c3=O)C[C@@H]2O)cc1. The highest BCUT2D eigenvalue weighted by atomic mass is 19.4. The number of aromatic amines is 1. The highest BCUT2D eigenvalue weighted by molar-refractivity contribution is 5.81. The van der Waals surface area contributed by atoms with Gasteiger partial charge in [-0.25, -0.2) is 4.79 Å². The molecule has 1 aliphatic rings. The van der Waals surface area contributed by atoms with E-state index in [1.807, 2.05) is 54.6 Å². The van der Waals surface area contributed by atoms with E-state index in [0.29, 0.717) is 28.2 Å². The molecule has 1 fully saturated rings. The molecule has 1 aromatic heterocycles. The molecule has 4 atom stereocenters. The molecule has 12 nitrogen and oxygen atoms in total. The zero-order chi connectivity index (χ0) is 38.4. The number of aromatic nitrogens is 2. The minimum absolute atomic E-state index is 0.0148. The maximum absolute atomic E-state index is 13.3. The molecule has 15 heteroatoms. The van der Waals surface area contributed by atoms with E-state index in [0.717, 1.165) is 4.57 Å². The largest absolute Gasteiger partial charge is 0.497 e. The number of methoxy groups -OCH3 is 2. The van der Waals surface area contributed by atoms with E-state index in [1.54, 1.807) is 29.6 Å². The number of nitrogens with zero attached hydrogens (tertiary/aromatic N) is 1. The summed E-state index contributed by atoms with van der Waals surface area (Å²) in [5, 5.41) is 26.4. The number of H-pyrrole nitrogens is 1. The number of carbonyl (C=O) groups excluding carboxylic acids is 1. The summed E-state index contributed by atoms with van der Waals surface area (Å²) in [7, 11) is 3.07. The predicted octanol–water partition coefficient (Wildman–Crippen LogP) is 3.54. The number of amides is 1. The number of carbonyl (C=O) groups is 1. The van der Waals surface area contributed by atoms with Crippen LogP contribution in [0.4, 0.5) is 13.2 Å². The Morgan fingerprint density at radius 2 is 1.53 bits per heavy atom. The summed E-state index contributed by atoms with van der Waals surface area (Å²) in [6, 6.07) is 23.4. The molecular weight excluding hydrogens is 699 g/mol. The van der Waals surface area contributed by atoms with Crippen LogP contribution in [-0.2, 0) is 25.4 Å². The molecule has 0 aliphatic carbocycles. The molecule has 2 heterocycles. The van der Waals surface area contributed by atoms with Crippen molar-refractivity contribution in [3.63, 3.8) is 0 Å². The average Bonchev–Trinajstić information content (AvgIpc) is 3.49. The van der Waals surface area contributed by atoms with Crippen LogP contribution < -0.4 is 26.0 Å². The van der Waals surface area contributed by atoms with E-state index >= 15 is 0 Å². The van der Waals surface area contributed by atoms with Crippen LogP contribution in [0.1, 0.15) is 41.5 Å². The second-order valence-electron chi connectivity index (χ2n) is 12.8. The Bertz CT molecular complexity index is 1900. The number of aryl methyl sites for hydroxylation is 1. The number of hydrogen-bond donors (Lipinski definition) is 4. The molecule has 1 saturated heterocycles. The quantitative estimate of drug-likeness (QED) is 0.106. The summed E-state index contributed by atoms with van der Waals surface area (Å²) in [4.78, 5) is 39.1. The van der Waals surface area contributed by atoms with Gasteiger partial charge in [0.15, 0.2) is 5.72 Å². The number of halogens is 3. The van der Waals surface area contributed by atoms with Crippen molar-refractivity contribution in [3.8, 4) is 11.5 Å². The standard InChI is InChI=1S/C38H42F3N3O9/c1-24-22-44(35(49)43-33(24)47)36(23-52-20-8-7-19-42-34(48)38(39,40)41)21-30(45)31(53-36)32(46)37(25-9-5-4-6-10-25,26-11-15-28(50-2)16-12-26)27-13-17-29(51-3)18-14-27/h4-6,9-18,22,30-32,45-46H,7-8,19-21,23H2,1-3H3,(H,42,48)(H,43,47,49)/t30-,31-,32?,36-/m0/s1. The fourth-order valence-corrected chi connectivity index (χ4v) is 6.82. The summed E-state index contributed by atoms with van der Waals surface area (Å²) in [5.74, 6) is -0.897. The Labute approximate surface area is 303 Å². The lowest BCUT2D eigenvalue weighted by Gasteiger charge is -2.43. The summed E-state index contributed by atoms with van der Waals surface area (Å²) in [6.07, 6.45) is -7.85. The molecule has 0 saturated carbocycles. The smallest absolute Gasteiger partial charge is 0.471 e. The number of rotatable bonds is 15. The predicted molar refractivity (Wildman–Crippen MR) is 187 cm³/mol. The van der Waals surface area contributed by atoms with Crippen LogP contribution in [0.3, 0.4) is 0 Å². The Kier molecular flexibility index (Phi) is 12.1. The second kappa shape index (κ2) is 16.4. The third-order valence-corrected chi connectivity index (χ3v) is 9.48. The normalized spacial score (nSPS) is 19.5. The monoisotopic (exact) mass is 741 g/mol. The third kappa shape index (κ3) is 8.18. The highest BCUT2D eigenvalue weighted by Gasteiger charge is 2.57. The first-order chi connectivity index (χ1) is 25.3. The van der Waals surface area contributed by atoms with Gasteiger partial charge in [-0.15, -0.1) is 0 Å². The molecule has 53 heavy (non-hydrogen) atoms. The maximum Gasteiger partial charge on any atom is 0.471 e. The van der Waals surface area contributed by atoms with Gasteiger partial charge in [0.2, 0.25) is 0 Å². The molecule has 4 aromatic rings. The Morgan fingerprint density at radius 3 is 2.08 bits per heavy atom. The number of aliphatic hydroxyl groups excluding tert-OH is 2. The van der Waals surface area contributed by atoms with Crippen LogP contribution in [0, 0.1) is 6.92 Å². The van der Waals surface area contributed by atoms with Crippen LogP contribution in [-0.4, -0.2) is 84.1 Å². The number of hydrogen-bond acceptors (Lipinski definition) is 9. The summed E-state index contributed by atoms with van der Waals surface area (Å²) >= 11 is 0. The van der Waals surface area contributed by atoms with Crippen molar-refractivity contribution in [2.24, 2.45) is 0 Å². The van der Waals surface area contributed by atoms with E-state index < -0.39 is 52.8 Å². The Morgan fingerprint density at radius 1 is 0.962 bits per heavy atom. The number of unbranched alkanes of at least 4 members (excludes halogenated alkanes) is 1. The van der Waals surface area contributed by atoms with Crippen molar-refractivity contribution in [2.75, 3.05) is 34.0 Å². The summed E-state index contributed by atoms with van der Waals surface area (Å²) < 4.78 is 62.1. The van der Waals surface area contributed by atoms with Crippen molar-refractivity contribution in [3.05, 3.63) is 128 Å². The molecule has 0 bridgehead atoms. The zero-order valence-corrected chi connectivity index (χ0v) is 29.4. The lowest BCUT2D eigenvalue weighted by Crippen LogP contribution is -2.53. The average molecular weight is 742 g/mol. The summed E-state index contributed by atoms with van der Waals surface area (Å²) in [5.41, 5.74) is -2.54. The second-order valence-corrected chi connectivity index (χ2v) is 12.8. The van der Waals surface area contributed by atoms with E-state index in [9.17, 15) is 37.8 Å². The van der Waals surface area contributed by atoms with Gasteiger partial charge < -0.3 is 34.5 Å². The van der Waals surface area contributed by atoms with E-state index in [1.165, 1.54) is 27.3 Å². The van der Waals surface area contributed by atoms with Gasteiger partial charge in [-0.05, 0) is 60.7 Å². The molecule has 284 valence electrons. The van der Waals surface area contributed by atoms with Crippen molar-refractivity contribution in [1.29, 1.82) is 0 Å². The molecule has 0 radical (unpaired) electrons. The fraction of sp³-hybridized carbons (Fsp3) is 0.395. The van der Waals surface area contributed by atoms with Crippen molar-refractivity contribution < 1.29 is 47.1 Å². The molecule has 0 spiro atoms. The van der Waals surface area contributed by atoms with Crippen LogP contribution >= 0.6 is 0 Å². The summed E-state index contributed by atoms with van der Waals surface area (Å²) in [6.45, 7) is 0.882. The highest BCUT2D eigenvalue weighted by Crippen LogP contribution is 2.48. The van der Waals surface area contributed by atoms with E-state index in [2.05, 4.69) is 4.98 Å². The van der Waals surface area contributed by atoms with Gasteiger partial charge in [-0.1, -0.05) is 54.6 Å². The zero-order valence-electron chi connectivity index (χ0n) is 29.4. The number of nitrogens with one attached hydrogen (secondary N) is 2. The first-order valence-electron chi connectivity index (χ1n) is 16.9. The minimum atomic E-state index is -4.99. The van der Waals surface area contributed by atoms with Crippen molar-refractivity contribution in [1.82, 2.24) is 14.9 Å². The molecule has 4 N–H and O–H groups in total. The van der Waals surface area contributed by atoms with Crippen LogP contribution in [0.5, 0.6) is 11.5 Å². The molecule has 1 aliphatic heterocycles. The Hall–Kier alpha value is -4.96. The fourth-order valence-electron chi connectivity index (χ4n) is 6.82. The molecule has 1 amide bonds. The number of alkyl halides is 3. The van der Waals surface area contributed by atoms with Crippen molar-refractivity contribution >= 4 is 5.91 Å². The van der Waals surface area contributed by atoms with Gasteiger partial charge in [0.1, 0.15) is 23.7 Å².